The summed E-state index contributed by atoms with van der Waals surface area (Å²) in [5.41, 5.74) is 0.0867. The number of hydrogen-bond donors (Lipinski definition) is 2. The molecule has 0 fully saturated rings. The maximum absolute atomic E-state index is 12.1. The number of anilines is 1. The van der Waals surface area contributed by atoms with Crippen molar-refractivity contribution in [1.82, 2.24) is 15.2 Å². The molecule has 0 atom stereocenters. The van der Waals surface area contributed by atoms with Crippen molar-refractivity contribution in [2.75, 3.05) is 32.1 Å². The summed E-state index contributed by atoms with van der Waals surface area (Å²) in [6.45, 7) is 6.56. The number of nitrogens with zero attached hydrogens (tertiary/aromatic N) is 3. The van der Waals surface area contributed by atoms with E-state index in [0.717, 1.165) is 11.4 Å². The van der Waals surface area contributed by atoms with Crippen molar-refractivity contribution >= 4 is 11.8 Å². The number of carbonyl (C=O) groups excluding carboxylic acids is 1. The highest BCUT2D eigenvalue weighted by Gasteiger charge is 2.20. The van der Waals surface area contributed by atoms with E-state index >= 15 is 0 Å². The van der Waals surface area contributed by atoms with Gasteiger partial charge in [0.1, 0.15) is 5.82 Å². The molecule has 0 bridgehead atoms. The van der Waals surface area contributed by atoms with Crippen LogP contribution >= 0.6 is 0 Å². The van der Waals surface area contributed by atoms with Crippen LogP contribution in [-0.4, -0.2) is 53.8 Å². The first-order valence-electron chi connectivity index (χ1n) is 7.10. The molecule has 6 heteroatoms. The molecule has 0 aliphatic rings. The average molecular weight is 294 g/mol. The molecule has 1 rings (SSSR count). The van der Waals surface area contributed by atoms with Crippen LogP contribution in [0.2, 0.25) is 0 Å². The quantitative estimate of drug-likeness (QED) is 0.833. The van der Waals surface area contributed by atoms with Gasteiger partial charge in [0.2, 0.25) is 0 Å². The molecule has 0 spiro atoms. The number of nitrogens with one attached hydrogen (secondary N) is 1. The van der Waals surface area contributed by atoms with Gasteiger partial charge in [-0.2, -0.15) is 0 Å². The Morgan fingerprint density at radius 1 is 1.43 bits per heavy atom. The van der Waals surface area contributed by atoms with Gasteiger partial charge >= 0.3 is 6.03 Å². The van der Waals surface area contributed by atoms with Crippen LogP contribution in [0, 0.1) is 0 Å². The maximum atomic E-state index is 12.1. The average Bonchev–Trinajstić information content (AvgIpc) is 2.41. The third-order valence-electron chi connectivity index (χ3n) is 2.96. The molecule has 0 saturated carbocycles. The van der Waals surface area contributed by atoms with Crippen molar-refractivity contribution in [3.05, 3.63) is 23.9 Å². The van der Waals surface area contributed by atoms with E-state index in [-0.39, 0.29) is 6.03 Å². The molecule has 0 aliphatic heterocycles. The first-order valence-corrected chi connectivity index (χ1v) is 7.10. The number of aliphatic hydroxyl groups is 1. The Balaban J connectivity index is 2.61. The van der Waals surface area contributed by atoms with Crippen LogP contribution in [0.1, 0.15) is 26.3 Å². The molecule has 118 valence electrons. The van der Waals surface area contributed by atoms with Crippen molar-refractivity contribution in [3.63, 3.8) is 0 Å². The molecule has 1 heterocycles. The summed E-state index contributed by atoms with van der Waals surface area (Å²) in [7, 11) is 3.85. The third kappa shape index (κ3) is 5.99. The lowest BCUT2D eigenvalue weighted by molar-refractivity contribution is 0.0480. The van der Waals surface area contributed by atoms with E-state index in [1.165, 1.54) is 0 Å². The van der Waals surface area contributed by atoms with Crippen LogP contribution in [-0.2, 0) is 6.54 Å². The predicted octanol–water partition coefficient (Wildman–Crippen LogP) is 1.45. The van der Waals surface area contributed by atoms with Gasteiger partial charge in [-0.25, -0.2) is 9.78 Å². The number of likely N-dealkylation sites (N-methyl/N-ethyl adjacent to an activating group) is 1. The smallest absolute Gasteiger partial charge is 0.317 e. The largest absolute Gasteiger partial charge is 0.389 e. The van der Waals surface area contributed by atoms with E-state index in [1.807, 2.05) is 38.1 Å². The number of urea groups is 1. The highest BCUT2D eigenvalue weighted by Crippen LogP contribution is 2.10. The molecule has 2 amide bonds. The molecule has 1 aromatic heterocycles. The number of rotatable bonds is 6. The van der Waals surface area contributed by atoms with Crippen molar-refractivity contribution in [1.29, 1.82) is 0 Å². The van der Waals surface area contributed by atoms with Gasteiger partial charge in [0.05, 0.1) is 12.1 Å². The summed E-state index contributed by atoms with van der Waals surface area (Å²) in [6, 6.07) is 3.63. The SMILES string of the molecule is CCN(CC(C)(C)O)C(=O)NCc1ccnc(N(C)C)c1. The van der Waals surface area contributed by atoms with Gasteiger partial charge in [0, 0.05) is 33.4 Å². The standard InChI is InChI=1S/C15H26N4O2/c1-6-19(11-15(2,3)21)14(20)17-10-12-7-8-16-13(9-12)18(4)5/h7-9,21H,6,10-11H2,1-5H3,(H,17,20). The number of pyridine rings is 1. The second-order valence-corrected chi connectivity index (χ2v) is 5.90. The molecule has 2 N–H and O–H groups in total. The highest BCUT2D eigenvalue weighted by molar-refractivity contribution is 5.74. The van der Waals surface area contributed by atoms with E-state index in [0.29, 0.717) is 19.6 Å². The Labute approximate surface area is 126 Å². The minimum atomic E-state index is -0.901. The molecule has 0 unspecified atom stereocenters. The summed E-state index contributed by atoms with van der Waals surface area (Å²) in [6.07, 6.45) is 1.73. The number of amides is 2. The number of hydrogen-bond acceptors (Lipinski definition) is 4. The summed E-state index contributed by atoms with van der Waals surface area (Å²) in [5, 5.41) is 12.7. The fraction of sp³-hybridized carbons (Fsp3) is 0.600. The molecule has 0 aromatic carbocycles. The molecule has 0 saturated heterocycles. The Kier molecular flexibility index (Phi) is 5.96. The number of carbonyl (C=O) groups is 1. The first kappa shape index (κ1) is 17.2. The summed E-state index contributed by atoms with van der Waals surface area (Å²) in [5.74, 6) is 0.852. The Morgan fingerprint density at radius 3 is 2.62 bits per heavy atom. The van der Waals surface area contributed by atoms with Gasteiger partial charge < -0.3 is 20.2 Å². The Morgan fingerprint density at radius 2 is 2.10 bits per heavy atom. The zero-order valence-corrected chi connectivity index (χ0v) is 13.6. The van der Waals surface area contributed by atoms with Gasteiger partial charge in [-0.05, 0) is 38.5 Å². The molecule has 0 aliphatic carbocycles. The second kappa shape index (κ2) is 7.26. The number of aromatic nitrogens is 1. The van der Waals surface area contributed by atoms with E-state index in [1.54, 1.807) is 24.9 Å². The van der Waals surface area contributed by atoms with Gasteiger partial charge in [-0.1, -0.05) is 0 Å². The van der Waals surface area contributed by atoms with Crippen molar-refractivity contribution < 1.29 is 9.90 Å². The molecular weight excluding hydrogens is 268 g/mol. The van der Waals surface area contributed by atoms with Crippen molar-refractivity contribution in [2.45, 2.75) is 32.9 Å². The second-order valence-electron chi connectivity index (χ2n) is 5.90. The van der Waals surface area contributed by atoms with E-state index in [2.05, 4.69) is 10.3 Å². The zero-order valence-electron chi connectivity index (χ0n) is 13.6. The minimum Gasteiger partial charge on any atom is -0.389 e. The topological polar surface area (TPSA) is 68.7 Å². The zero-order chi connectivity index (χ0) is 16.0. The molecule has 1 aromatic rings. The maximum Gasteiger partial charge on any atom is 0.317 e. The van der Waals surface area contributed by atoms with Crippen LogP contribution < -0.4 is 10.2 Å². The van der Waals surface area contributed by atoms with Crippen LogP contribution in [0.3, 0.4) is 0 Å². The summed E-state index contributed by atoms with van der Waals surface area (Å²) in [4.78, 5) is 19.9. The Hall–Kier alpha value is -1.82. The Bertz CT molecular complexity index is 469. The third-order valence-corrected chi connectivity index (χ3v) is 2.96. The summed E-state index contributed by atoms with van der Waals surface area (Å²) >= 11 is 0. The molecule has 21 heavy (non-hydrogen) atoms. The van der Waals surface area contributed by atoms with E-state index in [4.69, 9.17) is 0 Å². The van der Waals surface area contributed by atoms with Gasteiger partial charge in [-0.3, -0.25) is 0 Å². The normalized spacial score (nSPS) is 11.1. The van der Waals surface area contributed by atoms with Gasteiger partial charge in [0.15, 0.2) is 0 Å². The van der Waals surface area contributed by atoms with E-state index < -0.39 is 5.60 Å². The van der Waals surface area contributed by atoms with Gasteiger partial charge in [0.25, 0.3) is 0 Å². The predicted molar refractivity (Wildman–Crippen MR) is 84.3 cm³/mol. The lowest BCUT2D eigenvalue weighted by Gasteiger charge is -2.28. The molecular formula is C15H26N4O2. The van der Waals surface area contributed by atoms with Gasteiger partial charge in [-0.15, -0.1) is 0 Å². The van der Waals surface area contributed by atoms with Crippen LogP contribution in [0.15, 0.2) is 18.3 Å². The minimum absolute atomic E-state index is 0.178. The lowest BCUT2D eigenvalue weighted by Crippen LogP contribution is -2.46. The van der Waals surface area contributed by atoms with E-state index in [9.17, 15) is 9.90 Å². The molecule has 0 radical (unpaired) electrons. The first-order chi connectivity index (χ1) is 9.73. The van der Waals surface area contributed by atoms with Crippen LogP contribution in [0.5, 0.6) is 0 Å². The fourth-order valence-corrected chi connectivity index (χ4v) is 1.90. The lowest BCUT2D eigenvalue weighted by atomic mass is 10.1. The fourth-order valence-electron chi connectivity index (χ4n) is 1.90. The summed E-state index contributed by atoms with van der Waals surface area (Å²) < 4.78 is 0. The highest BCUT2D eigenvalue weighted by atomic mass is 16.3. The van der Waals surface area contributed by atoms with Crippen LogP contribution in [0.4, 0.5) is 10.6 Å². The van der Waals surface area contributed by atoms with Crippen molar-refractivity contribution in [2.24, 2.45) is 0 Å². The van der Waals surface area contributed by atoms with Crippen molar-refractivity contribution in [3.8, 4) is 0 Å². The van der Waals surface area contributed by atoms with Crippen LogP contribution in [0.25, 0.3) is 0 Å². The molecule has 6 nitrogen and oxygen atoms in total. The monoisotopic (exact) mass is 294 g/mol.